The van der Waals surface area contributed by atoms with Gasteiger partial charge >= 0.3 is 0 Å². The molecule has 0 unspecified atom stereocenters. The third-order valence-electron chi connectivity index (χ3n) is 5.43. The van der Waals surface area contributed by atoms with E-state index in [4.69, 9.17) is 0 Å². The molecule has 0 aliphatic carbocycles. The van der Waals surface area contributed by atoms with E-state index in [1.807, 2.05) is 36.4 Å². The Balaban J connectivity index is 1.32. The van der Waals surface area contributed by atoms with Gasteiger partial charge < -0.3 is 10.2 Å². The lowest BCUT2D eigenvalue weighted by atomic mass is 9.95. The first kappa shape index (κ1) is 19.1. The van der Waals surface area contributed by atoms with Crippen molar-refractivity contribution in [1.29, 1.82) is 0 Å². The standard InChI is InChI=1S/C23H25N5O/c1-2-17-5-7-20(8-6-17)25-23(29)18-11-14-28(15-12-18)22-10-9-21(26-27-22)19-4-3-13-24-16-19/h3-10,13,16,18H,2,11-12,14-15H2,1H3,(H,25,29). The highest BCUT2D eigenvalue weighted by atomic mass is 16.1. The number of rotatable bonds is 5. The molecule has 1 saturated heterocycles. The SMILES string of the molecule is CCc1ccc(NC(=O)C2CCN(c3ccc(-c4cccnc4)nn3)CC2)cc1. The summed E-state index contributed by atoms with van der Waals surface area (Å²) in [6.45, 7) is 3.72. The number of aryl methyl sites for hydroxylation is 1. The normalized spacial score (nSPS) is 14.6. The van der Waals surface area contributed by atoms with Crippen LogP contribution in [0.2, 0.25) is 0 Å². The molecular weight excluding hydrogens is 362 g/mol. The van der Waals surface area contributed by atoms with Crippen LogP contribution in [0.3, 0.4) is 0 Å². The molecule has 0 bridgehead atoms. The fraction of sp³-hybridized carbons (Fsp3) is 0.304. The van der Waals surface area contributed by atoms with Crippen molar-refractivity contribution in [1.82, 2.24) is 15.2 Å². The number of pyridine rings is 1. The van der Waals surface area contributed by atoms with Crippen molar-refractivity contribution in [3.05, 3.63) is 66.5 Å². The predicted molar refractivity (Wildman–Crippen MR) is 115 cm³/mol. The van der Waals surface area contributed by atoms with Gasteiger partial charge in [-0.05, 0) is 61.2 Å². The van der Waals surface area contributed by atoms with Crippen molar-refractivity contribution in [2.24, 2.45) is 5.92 Å². The summed E-state index contributed by atoms with van der Waals surface area (Å²) in [6, 6.07) is 15.9. The molecule has 0 saturated carbocycles. The first-order valence-electron chi connectivity index (χ1n) is 10.1. The van der Waals surface area contributed by atoms with E-state index in [2.05, 4.69) is 44.5 Å². The Hall–Kier alpha value is -3.28. The minimum Gasteiger partial charge on any atom is -0.355 e. The van der Waals surface area contributed by atoms with Gasteiger partial charge in [0.2, 0.25) is 5.91 Å². The lowest BCUT2D eigenvalue weighted by Crippen LogP contribution is -2.38. The molecule has 6 heteroatoms. The number of benzene rings is 1. The van der Waals surface area contributed by atoms with Crippen molar-refractivity contribution in [2.45, 2.75) is 26.2 Å². The van der Waals surface area contributed by atoms with Crippen LogP contribution in [0.15, 0.2) is 60.9 Å². The molecule has 1 fully saturated rings. The smallest absolute Gasteiger partial charge is 0.227 e. The van der Waals surface area contributed by atoms with E-state index in [-0.39, 0.29) is 11.8 Å². The summed E-state index contributed by atoms with van der Waals surface area (Å²) in [6.07, 6.45) is 6.14. The molecule has 3 aromatic rings. The van der Waals surface area contributed by atoms with E-state index >= 15 is 0 Å². The molecule has 0 spiro atoms. The van der Waals surface area contributed by atoms with Crippen LogP contribution in [0.1, 0.15) is 25.3 Å². The maximum absolute atomic E-state index is 12.6. The summed E-state index contributed by atoms with van der Waals surface area (Å²) < 4.78 is 0. The molecule has 1 aromatic carbocycles. The number of piperidine rings is 1. The van der Waals surface area contributed by atoms with Crippen LogP contribution in [-0.4, -0.2) is 34.2 Å². The number of carbonyl (C=O) groups excluding carboxylic acids is 1. The van der Waals surface area contributed by atoms with Gasteiger partial charge in [-0.3, -0.25) is 9.78 Å². The Morgan fingerprint density at radius 2 is 1.86 bits per heavy atom. The first-order valence-corrected chi connectivity index (χ1v) is 10.1. The van der Waals surface area contributed by atoms with Gasteiger partial charge in [0.1, 0.15) is 0 Å². The predicted octanol–water partition coefficient (Wildman–Crippen LogP) is 3.96. The molecule has 3 heterocycles. The van der Waals surface area contributed by atoms with Crippen LogP contribution in [0.25, 0.3) is 11.3 Å². The van der Waals surface area contributed by atoms with Crippen molar-refractivity contribution in [3.63, 3.8) is 0 Å². The summed E-state index contributed by atoms with van der Waals surface area (Å²) in [7, 11) is 0. The van der Waals surface area contributed by atoms with E-state index < -0.39 is 0 Å². The van der Waals surface area contributed by atoms with Crippen LogP contribution in [0.5, 0.6) is 0 Å². The second-order valence-electron chi connectivity index (χ2n) is 7.32. The fourth-order valence-corrected chi connectivity index (χ4v) is 3.60. The Kier molecular flexibility index (Phi) is 5.79. The lowest BCUT2D eigenvalue weighted by Gasteiger charge is -2.31. The Morgan fingerprint density at radius 3 is 2.48 bits per heavy atom. The Labute approximate surface area is 171 Å². The molecule has 0 radical (unpaired) electrons. The molecule has 148 valence electrons. The Morgan fingerprint density at radius 1 is 1.07 bits per heavy atom. The molecule has 1 aliphatic heterocycles. The zero-order valence-electron chi connectivity index (χ0n) is 16.6. The monoisotopic (exact) mass is 387 g/mol. The van der Waals surface area contributed by atoms with Crippen LogP contribution >= 0.6 is 0 Å². The zero-order valence-corrected chi connectivity index (χ0v) is 16.6. The van der Waals surface area contributed by atoms with Gasteiger partial charge in [-0.2, -0.15) is 0 Å². The third kappa shape index (κ3) is 4.59. The highest BCUT2D eigenvalue weighted by Gasteiger charge is 2.26. The highest BCUT2D eigenvalue weighted by molar-refractivity contribution is 5.92. The van der Waals surface area contributed by atoms with E-state index in [1.165, 1.54) is 5.56 Å². The van der Waals surface area contributed by atoms with Crippen LogP contribution in [-0.2, 0) is 11.2 Å². The summed E-state index contributed by atoms with van der Waals surface area (Å²) in [5.41, 5.74) is 3.90. The molecule has 6 nitrogen and oxygen atoms in total. The molecule has 0 atom stereocenters. The molecule has 1 aliphatic rings. The quantitative estimate of drug-likeness (QED) is 0.718. The number of carbonyl (C=O) groups is 1. The van der Waals surface area contributed by atoms with Gasteiger partial charge in [-0.15, -0.1) is 10.2 Å². The van der Waals surface area contributed by atoms with E-state index in [0.717, 1.165) is 55.1 Å². The number of amides is 1. The van der Waals surface area contributed by atoms with Crippen LogP contribution in [0, 0.1) is 5.92 Å². The van der Waals surface area contributed by atoms with Gasteiger partial charge in [0.25, 0.3) is 0 Å². The summed E-state index contributed by atoms with van der Waals surface area (Å²) >= 11 is 0. The molecule has 4 rings (SSSR count). The number of anilines is 2. The van der Waals surface area contributed by atoms with Gasteiger partial charge in [-0.25, -0.2) is 0 Å². The highest BCUT2D eigenvalue weighted by Crippen LogP contribution is 2.24. The lowest BCUT2D eigenvalue weighted by molar-refractivity contribution is -0.120. The van der Waals surface area contributed by atoms with E-state index in [1.54, 1.807) is 12.4 Å². The molecule has 29 heavy (non-hydrogen) atoms. The molecule has 2 aromatic heterocycles. The maximum atomic E-state index is 12.6. The topological polar surface area (TPSA) is 71.0 Å². The van der Waals surface area contributed by atoms with Crippen LogP contribution < -0.4 is 10.2 Å². The average Bonchev–Trinajstić information content (AvgIpc) is 2.80. The number of nitrogens with zero attached hydrogens (tertiary/aromatic N) is 4. The second-order valence-corrected chi connectivity index (χ2v) is 7.32. The second kappa shape index (κ2) is 8.82. The molecule has 1 N–H and O–H groups in total. The van der Waals surface area contributed by atoms with Crippen molar-refractivity contribution >= 4 is 17.4 Å². The third-order valence-corrected chi connectivity index (χ3v) is 5.43. The number of hydrogen-bond donors (Lipinski definition) is 1. The number of nitrogens with one attached hydrogen (secondary N) is 1. The van der Waals surface area contributed by atoms with Gasteiger partial charge in [0.15, 0.2) is 5.82 Å². The minimum absolute atomic E-state index is 0.0275. The average molecular weight is 387 g/mol. The summed E-state index contributed by atoms with van der Waals surface area (Å²) in [5.74, 6) is 0.985. The van der Waals surface area contributed by atoms with Crippen molar-refractivity contribution in [3.8, 4) is 11.3 Å². The van der Waals surface area contributed by atoms with Gasteiger partial charge in [-0.1, -0.05) is 19.1 Å². The van der Waals surface area contributed by atoms with E-state index in [0.29, 0.717) is 0 Å². The largest absolute Gasteiger partial charge is 0.355 e. The molecular formula is C23H25N5O. The fourth-order valence-electron chi connectivity index (χ4n) is 3.60. The Bertz CT molecular complexity index is 933. The molecule has 1 amide bonds. The minimum atomic E-state index is 0.0275. The van der Waals surface area contributed by atoms with Gasteiger partial charge in [0, 0.05) is 42.7 Å². The van der Waals surface area contributed by atoms with Crippen molar-refractivity contribution < 1.29 is 4.79 Å². The summed E-state index contributed by atoms with van der Waals surface area (Å²) in [5, 5.41) is 11.8. The van der Waals surface area contributed by atoms with Crippen LogP contribution in [0.4, 0.5) is 11.5 Å². The summed E-state index contributed by atoms with van der Waals surface area (Å²) in [4.78, 5) is 18.9. The number of hydrogen-bond acceptors (Lipinski definition) is 5. The maximum Gasteiger partial charge on any atom is 0.227 e. The van der Waals surface area contributed by atoms with Crippen molar-refractivity contribution in [2.75, 3.05) is 23.3 Å². The first-order chi connectivity index (χ1) is 14.2. The van der Waals surface area contributed by atoms with Gasteiger partial charge in [0.05, 0.1) is 5.69 Å². The zero-order chi connectivity index (χ0) is 20.1. The van der Waals surface area contributed by atoms with E-state index in [9.17, 15) is 4.79 Å². The number of aromatic nitrogens is 3.